The zero-order valence-electron chi connectivity index (χ0n) is 20.1. The van der Waals surface area contributed by atoms with Gasteiger partial charge in [0, 0.05) is 57.0 Å². The minimum atomic E-state index is -1.08. The molecule has 0 fully saturated rings. The Labute approximate surface area is 271 Å². The Hall–Kier alpha value is 1.23. The summed E-state index contributed by atoms with van der Waals surface area (Å²) >= 11 is 0. The predicted octanol–water partition coefficient (Wildman–Crippen LogP) is -18.4. The van der Waals surface area contributed by atoms with Crippen LogP contribution in [0.5, 0.6) is 0 Å². The summed E-state index contributed by atoms with van der Waals surface area (Å²) in [6, 6.07) is 0. The summed E-state index contributed by atoms with van der Waals surface area (Å²) in [6.45, 7) is 8.11. The first-order chi connectivity index (χ1) is 12.1. The van der Waals surface area contributed by atoms with Crippen molar-refractivity contribution in [1.29, 1.82) is 0 Å². The van der Waals surface area contributed by atoms with Crippen molar-refractivity contribution in [2.75, 3.05) is 26.2 Å². The summed E-state index contributed by atoms with van der Waals surface area (Å²) in [5, 5.41) is 46.0. The summed E-state index contributed by atoms with van der Waals surface area (Å²) in [4.78, 5) is 44.6. The van der Waals surface area contributed by atoms with Gasteiger partial charge in [-0.25, -0.2) is 0 Å². The summed E-state index contributed by atoms with van der Waals surface area (Å²) in [5.41, 5.74) is 10.3. The van der Waals surface area contributed by atoms with Crippen molar-refractivity contribution in [2.24, 2.45) is 11.5 Å². The van der Waals surface area contributed by atoms with Gasteiger partial charge in [0.2, 0.25) is 0 Å². The van der Waals surface area contributed by atoms with Gasteiger partial charge < -0.3 is 61.5 Å². The van der Waals surface area contributed by atoms with Crippen LogP contribution in [0.1, 0.15) is 34.6 Å². The first kappa shape index (κ1) is 63.6. The second-order valence-electron chi connectivity index (χ2n) is 3.81. The number of nitrogens with two attached hydrogens (primary N) is 2. The molecule has 0 saturated carbocycles. The average Bonchev–Trinajstić information content (AvgIpc) is 2.35. The van der Waals surface area contributed by atoms with E-state index in [-0.39, 0.29) is 118 Å². The van der Waals surface area contributed by atoms with Crippen molar-refractivity contribution in [3.63, 3.8) is 0 Å². The molecule has 0 unspecified atom stereocenters. The van der Waals surface area contributed by atoms with E-state index in [9.17, 15) is 0 Å². The van der Waals surface area contributed by atoms with Crippen molar-refractivity contribution < 1.29 is 168 Å². The summed E-state index contributed by atoms with van der Waals surface area (Å²) in [7, 11) is 0. The maximum absolute atomic E-state index is 9.00. The van der Waals surface area contributed by atoms with Gasteiger partial charge in [-0.1, -0.05) is 0 Å². The Morgan fingerprint density at radius 2 is 0.710 bits per heavy atom. The molecule has 13 nitrogen and oxygen atoms in total. The van der Waals surface area contributed by atoms with E-state index in [2.05, 4.69) is 5.32 Å². The molecular weight excluding hydrogens is 462 g/mol. The van der Waals surface area contributed by atoms with Crippen LogP contribution >= 0.6 is 0 Å². The number of carbonyl (C=O) groups is 5. The topological polar surface area (TPSA) is 262 Å². The summed E-state index contributed by atoms with van der Waals surface area (Å²) in [6.07, 6.45) is 0. The Kier molecular flexibility index (Phi) is 130. The van der Waals surface area contributed by atoms with Crippen LogP contribution < -0.4 is 155 Å². The molecule has 0 aromatic rings. The molecule has 6 N–H and O–H groups in total. The molecule has 31 heavy (non-hydrogen) atoms. The predicted molar refractivity (Wildman–Crippen MR) is 87.0 cm³/mol. The molecule has 0 radical (unpaired) electrons. The van der Waals surface area contributed by atoms with Gasteiger partial charge in [0.15, 0.2) is 0 Å². The number of nitrogens with one attached hydrogen (secondary N) is 1. The third-order valence-electron chi connectivity index (χ3n) is 0.642. The number of carboxylic acids is 5. The number of rotatable bonds is 4. The average molecular weight is 491 g/mol. The van der Waals surface area contributed by atoms with Crippen LogP contribution in [0.3, 0.4) is 0 Å². The molecule has 0 spiro atoms. The van der Waals surface area contributed by atoms with Gasteiger partial charge in [-0.3, -0.25) is 4.79 Å². The molecule has 0 aliphatic carbocycles. The van der Waals surface area contributed by atoms with E-state index in [4.69, 9.17) is 61.0 Å². The van der Waals surface area contributed by atoms with Crippen molar-refractivity contribution >= 4 is 29.8 Å². The van der Waals surface area contributed by atoms with Crippen molar-refractivity contribution in [3.8, 4) is 0 Å². The van der Waals surface area contributed by atoms with Crippen molar-refractivity contribution in [1.82, 2.24) is 5.32 Å². The standard InChI is InChI=1S/C4H13N3.5C2H4O2.4Na/c5-1-3-7-4-2-6;5*1-2(3)4;;;;/h7H,1-6H2;5*1H3,(H,3,4);;;;/q;;;;;;4*+1/p-4. The molecule has 17 heteroatoms. The molecule has 0 aromatic carbocycles. The van der Waals surface area contributed by atoms with Gasteiger partial charge >= 0.3 is 118 Å². The van der Waals surface area contributed by atoms with Gasteiger partial charge in [-0.15, -0.1) is 0 Å². The first-order valence-electron chi connectivity index (χ1n) is 7.08. The molecule has 0 saturated heterocycles. The minimum Gasteiger partial charge on any atom is -0.550 e. The third-order valence-corrected chi connectivity index (χ3v) is 0.642. The zero-order valence-corrected chi connectivity index (χ0v) is 28.1. The number of carboxylic acid groups (broad SMARTS) is 5. The molecule has 164 valence electrons. The second kappa shape index (κ2) is 63.3. The quantitative estimate of drug-likeness (QED) is 0.210. The van der Waals surface area contributed by atoms with Crippen LogP contribution in [0, 0.1) is 0 Å². The SMILES string of the molecule is CC(=O)O.CC(=O)[O-].CC(=O)[O-].CC(=O)[O-].CC(=O)[O-].NCCNCCN.[Na+].[Na+].[Na+].[Na+]. The van der Waals surface area contributed by atoms with Gasteiger partial charge in [-0.2, -0.15) is 0 Å². The molecule has 0 bridgehead atoms. The Balaban J connectivity index is -0.0000000211. The van der Waals surface area contributed by atoms with Crippen LogP contribution in [0.4, 0.5) is 0 Å². The Bertz CT molecular complexity index is 300. The van der Waals surface area contributed by atoms with E-state index < -0.39 is 29.8 Å². The molecule has 0 amide bonds. The van der Waals surface area contributed by atoms with Gasteiger partial charge in [0.1, 0.15) is 0 Å². The fourth-order valence-electron chi connectivity index (χ4n) is 0.329. The van der Waals surface area contributed by atoms with E-state index in [1.54, 1.807) is 0 Å². The fraction of sp³-hybridized carbons (Fsp3) is 0.643. The number of hydrogen-bond donors (Lipinski definition) is 4. The van der Waals surface area contributed by atoms with Gasteiger partial charge in [-0.05, 0) is 27.7 Å². The van der Waals surface area contributed by atoms with Gasteiger partial charge in [0.05, 0.1) is 0 Å². The van der Waals surface area contributed by atoms with E-state index in [0.717, 1.165) is 47.7 Å². The maximum Gasteiger partial charge on any atom is 1.00 e. The van der Waals surface area contributed by atoms with Crippen LogP contribution in [-0.2, 0) is 24.0 Å². The molecule has 0 atom stereocenters. The van der Waals surface area contributed by atoms with Crippen LogP contribution in [-0.4, -0.2) is 61.1 Å². The second-order valence-corrected chi connectivity index (χ2v) is 3.81. The normalized spacial score (nSPS) is 6.16. The molecule has 0 rings (SSSR count). The molecule has 0 aliphatic heterocycles. The van der Waals surface area contributed by atoms with E-state index in [0.29, 0.717) is 13.1 Å². The van der Waals surface area contributed by atoms with Crippen molar-refractivity contribution in [3.05, 3.63) is 0 Å². The Morgan fingerprint density at radius 3 is 0.774 bits per heavy atom. The number of carbonyl (C=O) groups excluding carboxylic acids is 4. The van der Waals surface area contributed by atoms with Gasteiger partial charge in [0.25, 0.3) is 5.97 Å². The smallest absolute Gasteiger partial charge is 0.550 e. The summed E-state index contributed by atoms with van der Waals surface area (Å²) < 4.78 is 0. The molecule has 0 aromatic heterocycles. The first-order valence-corrected chi connectivity index (χ1v) is 7.08. The Morgan fingerprint density at radius 1 is 0.613 bits per heavy atom. The molecule has 0 heterocycles. The zero-order chi connectivity index (χ0) is 23.4. The maximum atomic E-state index is 9.00. The van der Waals surface area contributed by atoms with Crippen LogP contribution in [0.25, 0.3) is 0 Å². The monoisotopic (exact) mass is 491 g/mol. The van der Waals surface area contributed by atoms with E-state index in [1.165, 1.54) is 0 Å². The van der Waals surface area contributed by atoms with E-state index >= 15 is 0 Å². The molecular formula is C14H29N3Na4O10. The summed E-state index contributed by atoms with van der Waals surface area (Å²) in [5.74, 6) is -5.17. The minimum absolute atomic E-state index is 0. The largest absolute Gasteiger partial charge is 1.00 e. The van der Waals surface area contributed by atoms with E-state index in [1.807, 2.05) is 0 Å². The number of aliphatic carboxylic acids is 5. The fourth-order valence-corrected chi connectivity index (χ4v) is 0.329. The molecule has 0 aliphatic rings. The van der Waals surface area contributed by atoms with Crippen molar-refractivity contribution in [2.45, 2.75) is 34.6 Å². The van der Waals surface area contributed by atoms with Crippen LogP contribution in [0.2, 0.25) is 0 Å². The van der Waals surface area contributed by atoms with Crippen LogP contribution in [0.15, 0.2) is 0 Å². The number of hydrogen-bond acceptors (Lipinski definition) is 12. The third kappa shape index (κ3) is 975.